The van der Waals surface area contributed by atoms with Gasteiger partial charge < -0.3 is 10.5 Å². The fourth-order valence-electron chi connectivity index (χ4n) is 2.73. The second-order valence-electron chi connectivity index (χ2n) is 5.20. The number of ether oxygens (including phenoxy) is 1. The first-order valence-electron chi connectivity index (χ1n) is 6.82. The average Bonchev–Trinajstić information content (AvgIpc) is 2.47. The molecule has 0 radical (unpaired) electrons. The van der Waals surface area contributed by atoms with E-state index >= 15 is 0 Å². The molecule has 0 saturated carbocycles. The maximum atomic E-state index is 6.53. The summed E-state index contributed by atoms with van der Waals surface area (Å²) in [6.45, 7) is 8.08. The highest BCUT2D eigenvalue weighted by Crippen LogP contribution is 2.32. The van der Waals surface area contributed by atoms with Crippen LogP contribution in [0, 0.1) is 0 Å². The standard InChI is InChI=1S/C15H24N2O/c1-3-15(2,17-9-11-18-12-10-17)14(16)13-7-5-4-6-8-13/h4-8,14H,3,9-12,16H2,1-2H3. The Kier molecular flexibility index (Phi) is 4.38. The predicted octanol–water partition coefficient (Wildman–Crippen LogP) is 2.19. The molecule has 1 fully saturated rings. The first kappa shape index (κ1) is 13.5. The van der Waals surface area contributed by atoms with Crippen LogP contribution in [0.25, 0.3) is 0 Å². The van der Waals surface area contributed by atoms with Gasteiger partial charge in [-0.05, 0) is 18.9 Å². The van der Waals surface area contributed by atoms with Gasteiger partial charge in [-0.3, -0.25) is 4.90 Å². The Balaban J connectivity index is 2.20. The summed E-state index contributed by atoms with van der Waals surface area (Å²) in [7, 11) is 0. The Morgan fingerprint density at radius 1 is 1.28 bits per heavy atom. The van der Waals surface area contributed by atoms with Gasteiger partial charge in [-0.1, -0.05) is 37.3 Å². The third kappa shape index (κ3) is 2.58. The van der Waals surface area contributed by atoms with Crippen molar-refractivity contribution >= 4 is 0 Å². The van der Waals surface area contributed by atoms with E-state index in [1.165, 1.54) is 5.56 Å². The molecule has 3 heteroatoms. The van der Waals surface area contributed by atoms with Crippen LogP contribution >= 0.6 is 0 Å². The topological polar surface area (TPSA) is 38.5 Å². The van der Waals surface area contributed by atoms with E-state index in [0.29, 0.717) is 0 Å². The number of nitrogens with two attached hydrogens (primary N) is 1. The van der Waals surface area contributed by atoms with Gasteiger partial charge in [0.05, 0.1) is 13.2 Å². The largest absolute Gasteiger partial charge is 0.379 e. The second-order valence-corrected chi connectivity index (χ2v) is 5.20. The number of hydrogen-bond acceptors (Lipinski definition) is 3. The number of morpholine rings is 1. The van der Waals surface area contributed by atoms with Crippen molar-refractivity contribution in [1.29, 1.82) is 0 Å². The smallest absolute Gasteiger partial charge is 0.0594 e. The lowest BCUT2D eigenvalue weighted by atomic mass is 9.83. The van der Waals surface area contributed by atoms with Gasteiger partial charge >= 0.3 is 0 Å². The quantitative estimate of drug-likeness (QED) is 0.887. The third-order valence-electron chi connectivity index (χ3n) is 4.28. The highest BCUT2D eigenvalue weighted by atomic mass is 16.5. The summed E-state index contributed by atoms with van der Waals surface area (Å²) in [5.41, 5.74) is 7.75. The van der Waals surface area contributed by atoms with Crippen molar-refractivity contribution in [2.45, 2.75) is 31.8 Å². The molecule has 2 atom stereocenters. The molecule has 1 heterocycles. The van der Waals surface area contributed by atoms with E-state index in [4.69, 9.17) is 10.5 Å². The first-order valence-corrected chi connectivity index (χ1v) is 6.82. The van der Waals surface area contributed by atoms with Crippen LogP contribution in [0.15, 0.2) is 30.3 Å². The fraction of sp³-hybridized carbons (Fsp3) is 0.600. The molecule has 1 aliphatic heterocycles. The lowest BCUT2D eigenvalue weighted by Crippen LogP contribution is -2.56. The molecular weight excluding hydrogens is 224 g/mol. The van der Waals surface area contributed by atoms with Crippen LogP contribution in [0.5, 0.6) is 0 Å². The normalized spacial score (nSPS) is 22.4. The first-order chi connectivity index (χ1) is 8.68. The van der Waals surface area contributed by atoms with Gasteiger partial charge in [0.2, 0.25) is 0 Å². The Bertz CT molecular complexity index is 362. The molecule has 1 aromatic rings. The Morgan fingerprint density at radius 3 is 2.44 bits per heavy atom. The molecule has 0 amide bonds. The van der Waals surface area contributed by atoms with Crippen molar-refractivity contribution < 1.29 is 4.74 Å². The number of nitrogens with zero attached hydrogens (tertiary/aromatic N) is 1. The lowest BCUT2D eigenvalue weighted by molar-refractivity contribution is -0.0277. The maximum Gasteiger partial charge on any atom is 0.0594 e. The molecule has 100 valence electrons. The molecular formula is C15H24N2O. The zero-order valence-corrected chi connectivity index (χ0v) is 11.4. The third-order valence-corrected chi connectivity index (χ3v) is 4.28. The van der Waals surface area contributed by atoms with Crippen molar-refractivity contribution in [3.05, 3.63) is 35.9 Å². The van der Waals surface area contributed by atoms with E-state index < -0.39 is 0 Å². The molecule has 0 bridgehead atoms. The van der Waals surface area contributed by atoms with E-state index in [2.05, 4.69) is 43.0 Å². The van der Waals surface area contributed by atoms with Crippen LogP contribution in [0.2, 0.25) is 0 Å². The molecule has 1 aromatic carbocycles. The van der Waals surface area contributed by atoms with Gasteiger partial charge in [-0.15, -0.1) is 0 Å². The van der Waals surface area contributed by atoms with Crippen LogP contribution < -0.4 is 5.73 Å². The van der Waals surface area contributed by atoms with Crippen molar-refractivity contribution in [1.82, 2.24) is 4.90 Å². The van der Waals surface area contributed by atoms with Gasteiger partial charge in [0.1, 0.15) is 0 Å². The lowest BCUT2D eigenvalue weighted by Gasteiger charge is -2.46. The van der Waals surface area contributed by atoms with Crippen molar-refractivity contribution in [2.75, 3.05) is 26.3 Å². The zero-order valence-electron chi connectivity index (χ0n) is 11.4. The average molecular weight is 248 g/mol. The summed E-state index contributed by atoms with van der Waals surface area (Å²) in [4.78, 5) is 2.48. The summed E-state index contributed by atoms with van der Waals surface area (Å²) in [5, 5.41) is 0. The van der Waals surface area contributed by atoms with E-state index in [-0.39, 0.29) is 11.6 Å². The summed E-state index contributed by atoms with van der Waals surface area (Å²) in [5.74, 6) is 0. The van der Waals surface area contributed by atoms with E-state index in [0.717, 1.165) is 32.7 Å². The minimum Gasteiger partial charge on any atom is -0.379 e. The highest BCUT2D eigenvalue weighted by Gasteiger charge is 2.37. The van der Waals surface area contributed by atoms with Crippen LogP contribution in [-0.2, 0) is 4.74 Å². The van der Waals surface area contributed by atoms with Crippen LogP contribution in [0.4, 0.5) is 0 Å². The van der Waals surface area contributed by atoms with E-state index in [9.17, 15) is 0 Å². The summed E-state index contributed by atoms with van der Waals surface area (Å²) < 4.78 is 5.44. The van der Waals surface area contributed by atoms with Gasteiger partial charge in [-0.25, -0.2) is 0 Å². The van der Waals surface area contributed by atoms with Crippen molar-refractivity contribution in [2.24, 2.45) is 5.73 Å². The van der Waals surface area contributed by atoms with Crippen molar-refractivity contribution in [3.8, 4) is 0 Å². The molecule has 0 aromatic heterocycles. The van der Waals surface area contributed by atoms with Gasteiger partial charge in [0.25, 0.3) is 0 Å². The number of benzene rings is 1. The molecule has 2 rings (SSSR count). The Hall–Kier alpha value is -0.900. The molecule has 0 aliphatic carbocycles. The van der Waals surface area contributed by atoms with Crippen LogP contribution in [-0.4, -0.2) is 36.7 Å². The zero-order chi connectivity index (χ0) is 13.0. The van der Waals surface area contributed by atoms with Gasteiger partial charge in [-0.2, -0.15) is 0 Å². The second kappa shape index (κ2) is 5.83. The van der Waals surface area contributed by atoms with Crippen LogP contribution in [0.1, 0.15) is 31.9 Å². The summed E-state index contributed by atoms with van der Waals surface area (Å²) in [6, 6.07) is 10.4. The molecule has 18 heavy (non-hydrogen) atoms. The van der Waals surface area contributed by atoms with Crippen molar-refractivity contribution in [3.63, 3.8) is 0 Å². The van der Waals surface area contributed by atoms with E-state index in [1.807, 2.05) is 6.07 Å². The molecule has 0 spiro atoms. The maximum absolute atomic E-state index is 6.53. The Labute approximate surface area is 110 Å². The molecule has 1 saturated heterocycles. The van der Waals surface area contributed by atoms with Crippen LogP contribution in [0.3, 0.4) is 0 Å². The summed E-state index contributed by atoms with van der Waals surface area (Å²) in [6.07, 6.45) is 1.04. The molecule has 1 aliphatic rings. The predicted molar refractivity (Wildman–Crippen MR) is 74.5 cm³/mol. The van der Waals surface area contributed by atoms with E-state index in [1.54, 1.807) is 0 Å². The monoisotopic (exact) mass is 248 g/mol. The Morgan fingerprint density at radius 2 is 1.89 bits per heavy atom. The minimum absolute atomic E-state index is 0.00509. The van der Waals surface area contributed by atoms with Gasteiger partial charge in [0, 0.05) is 24.7 Å². The SMILES string of the molecule is CCC(C)(C(N)c1ccccc1)N1CCOCC1. The fourth-order valence-corrected chi connectivity index (χ4v) is 2.73. The number of rotatable bonds is 4. The molecule has 3 nitrogen and oxygen atoms in total. The molecule has 2 unspecified atom stereocenters. The highest BCUT2D eigenvalue weighted by molar-refractivity contribution is 5.22. The minimum atomic E-state index is 0.00509. The van der Waals surface area contributed by atoms with Gasteiger partial charge in [0.15, 0.2) is 0 Å². The molecule has 2 N–H and O–H groups in total. The number of hydrogen-bond donors (Lipinski definition) is 1. The summed E-state index contributed by atoms with van der Waals surface area (Å²) >= 11 is 0.